The van der Waals surface area contributed by atoms with Gasteiger partial charge in [-0.05, 0) is 24.4 Å². The molecule has 2 aliphatic heterocycles. The molecule has 2 aromatic rings. The Bertz CT molecular complexity index is 855. The number of H-pyrrole nitrogens is 1. The number of halogens is 3. The summed E-state index contributed by atoms with van der Waals surface area (Å²) in [5.41, 5.74) is 0.231. The van der Waals surface area contributed by atoms with Gasteiger partial charge in [0.15, 0.2) is 0 Å². The van der Waals surface area contributed by atoms with Gasteiger partial charge >= 0.3 is 6.18 Å². The Morgan fingerprint density at radius 3 is 2.83 bits per heavy atom. The maximum atomic E-state index is 12.7. The number of hydrogen-bond donors (Lipinski definition) is 2. The molecule has 0 radical (unpaired) electrons. The number of amides is 1. The Morgan fingerprint density at radius 2 is 2.10 bits per heavy atom. The number of piperidine rings is 1. The minimum absolute atomic E-state index is 0.0257. The Morgan fingerprint density at radius 1 is 1.30 bits per heavy atom. The number of carbonyl (C=O) groups excluding carboxylic acids is 1. The van der Waals surface area contributed by atoms with E-state index < -0.39 is 11.9 Å². The quantitative estimate of drug-likeness (QED) is 0.751. The molecule has 4 rings (SSSR count). The first kappa shape index (κ1) is 20.9. The van der Waals surface area contributed by atoms with Gasteiger partial charge in [0, 0.05) is 19.0 Å². The summed E-state index contributed by atoms with van der Waals surface area (Å²) < 4.78 is 44.1. The first-order chi connectivity index (χ1) is 14.4. The fraction of sp³-hybridized carbons (Fsp3) is 0.524. The van der Waals surface area contributed by atoms with Crippen LogP contribution >= 0.6 is 0 Å². The normalized spacial score (nSPS) is 24.6. The Labute approximate surface area is 172 Å². The van der Waals surface area contributed by atoms with Crippen LogP contribution in [-0.4, -0.2) is 46.6 Å². The number of carbonyl (C=O) groups is 1. The van der Waals surface area contributed by atoms with Gasteiger partial charge in [-0.3, -0.25) is 9.69 Å². The van der Waals surface area contributed by atoms with Gasteiger partial charge in [-0.25, -0.2) is 4.98 Å². The highest BCUT2D eigenvalue weighted by Gasteiger charge is 2.41. The summed E-state index contributed by atoms with van der Waals surface area (Å²) in [4.78, 5) is 20.6. The van der Waals surface area contributed by atoms with Gasteiger partial charge < -0.3 is 15.0 Å². The summed E-state index contributed by atoms with van der Waals surface area (Å²) in [6.45, 7) is 2.90. The van der Waals surface area contributed by atoms with E-state index in [4.69, 9.17) is 4.74 Å². The second-order valence-corrected chi connectivity index (χ2v) is 8.03. The summed E-state index contributed by atoms with van der Waals surface area (Å²) in [6, 6.07) is 9.74. The van der Waals surface area contributed by atoms with Crippen molar-refractivity contribution in [1.82, 2.24) is 20.2 Å². The largest absolute Gasteiger partial charge is 0.432 e. The van der Waals surface area contributed by atoms with E-state index in [2.05, 4.69) is 20.2 Å². The number of imidazole rings is 1. The molecule has 3 atom stereocenters. The van der Waals surface area contributed by atoms with E-state index in [0.29, 0.717) is 37.9 Å². The van der Waals surface area contributed by atoms with E-state index >= 15 is 0 Å². The number of ether oxygens (including phenoxy) is 1. The molecular weight excluding hydrogens is 397 g/mol. The molecule has 2 fully saturated rings. The van der Waals surface area contributed by atoms with Crippen LogP contribution in [0.25, 0.3) is 0 Å². The molecule has 0 spiro atoms. The number of fused-ring (bicyclic) bond motifs is 1. The van der Waals surface area contributed by atoms with Crippen molar-refractivity contribution >= 4 is 5.91 Å². The summed E-state index contributed by atoms with van der Waals surface area (Å²) in [5.74, 6) is 0.868. The maximum Gasteiger partial charge on any atom is 0.432 e. The molecule has 0 aliphatic carbocycles. The molecule has 1 aromatic carbocycles. The number of rotatable bonds is 6. The van der Waals surface area contributed by atoms with Gasteiger partial charge in [-0.15, -0.1) is 0 Å². The zero-order valence-electron chi connectivity index (χ0n) is 16.5. The third-order valence-electron chi connectivity index (χ3n) is 5.91. The van der Waals surface area contributed by atoms with Crippen LogP contribution in [0.5, 0.6) is 0 Å². The first-order valence-electron chi connectivity index (χ1n) is 10.1. The Kier molecular flexibility index (Phi) is 6.10. The average molecular weight is 422 g/mol. The van der Waals surface area contributed by atoms with Crippen LogP contribution < -0.4 is 5.32 Å². The van der Waals surface area contributed by atoms with Crippen LogP contribution in [0, 0.1) is 11.8 Å². The van der Waals surface area contributed by atoms with E-state index in [1.54, 1.807) is 0 Å². The lowest BCUT2D eigenvalue weighted by molar-refractivity contribution is -0.141. The highest BCUT2D eigenvalue weighted by molar-refractivity contribution is 5.76. The van der Waals surface area contributed by atoms with Crippen molar-refractivity contribution in [2.24, 2.45) is 11.8 Å². The van der Waals surface area contributed by atoms with Gasteiger partial charge in [0.1, 0.15) is 11.5 Å². The molecule has 2 saturated heterocycles. The zero-order valence-corrected chi connectivity index (χ0v) is 16.5. The van der Waals surface area contributed by atoms with E-state index in [-0.39, 0.29) is 17.9 Å². The highest BCUT2D eigenvalue weighted by atomic mass is 19.4. The molecule has 2 N–H and O–H groups in total. The van der Waals surface area contributed by atoms with E-state index in [9.17, 15) is 18.0 Å². The van der Waals surface area contributed by atoms with E-state index in [1.165, 1.54) is 0 Å². The van der Waals surface area contributed by atoms with Crippen molar-refractivity contribution < 1.29 is 22.7 Å². The predicted octanol–water partition coefficient (Wildman–Crippen LogP) is 2.97. The van der Waals surface area contributed by atoms with Crippen molar-refractivity contribution in [3.8, 4) is 0 Å². The van der Waals surface area contributed by atoms with Crippen LogP contribution in [-0.2, 0) is 28.8 Å². The molecule has 2 aliphatic rings. The molecule has 9 heteroatoms. The molecule has 6 nitrogen and oxygen atoms in total. The van der Waals surface area contributed by atoms with E-state index in [0.717, 1.165) is 31.3 Å². The predicted molar refractivity (Wildman–Crippen MR) is 103 cm³/mol. The number of hydrogen-bond acceptors (Lipinski definition) is 4. The van der Waals surface area contributed by atoms with Gasteiger partial charge in [0.25, 0.3) is 0 Å². The number of nitrogens with zero attached hydrogens (tertiary/aromatic N) is 2. The van der Waals surface area contributed by atoms with Gasteiger partial charge in [0.2, 0.25) is 5.91 Å². The molecule has 162 valence electrons. The van der Waals surface area contributed by atoms with Crippen LogP contribution in [0.15, 0.2) is 36.5 Å². The van der Waals surface area contributed by atoms with E-state index in [1.807, 2.05) is 30.3 Å². The number of aromatic amines is 1. The second-order valence-electron chi connectivity index (χ2n) is 8.03. The summed E-state index contributed by atoms with van der Waals surface area (Å²) in [5, 5.41) is 2.94. The van der Waals surface area contributed by atoms with Crippen molar-refractivity contribution in [3.63, 3.8) is 0 Å². The van der Waals surface area contributed by atoms with Crippen molar-refractivity contribution in [2.45, 2.75) is 38.2 Å². The van der Waals surface area contributed by atoms with Gasteiger partial charge in [0.05, 0.1) is 31.9 Å². The summed E-state index contributed by atoms with van der Waals surface area (Å²) in [6.07, 6.45) is -2.49. The Balaban J connectivity index is 1.25. The monoisotopic (exact) mass is 422 g/mol. The average Bonchev–Trinajstić information content (AvgIpc) is 3.34. The van der Waals surface area contributed by atoms with Crippen LogP contribution in [0.3, 0.4) is 0 Å². The minimum atomic E-state index is -4.41. The summed E-state index contributed by atoms with van der Waals surface area (Å²) in [7, 11) is 0. The molecule has 30 heavy (non-hydrogen) atoms. The first-order valence-corrected chi connectivity index (χ1v) is 10.1. The van der Waals surface area contributed by atoms with Gasteiger partial charge in [-0.2, -0.15) is 13.2 Å². The standard InChI is InChI=1S/C21H25F3N4O2/c22-21(23,24)18-10-25-19(27-18)12-28-7-6-16-15(11-28)13-30-17(16)8-20(29)26-9-14-4-2-1-3-5-14/h1-5,10,15-17H,6-9,11-13H2,(H,25,27)(H,26,29)/t15-,16-,17+/m1/s1. The molecule has 1 aromatic heterocycles. The van der Waals surface area contributed by atoms with Crippen molar-refractivity contribution in [1.29, 1.82) is 0 Å². The highest BCUT2D eigenvalue weighted by Crippen LogP contribution is 2.36. The van der Waals surface area contributed by atoms with Crippen molar-refractivity contribution in [3.05, 3.63) is 53.6 Å². The fourth-order valence-electron chi connectivity index (χ4n) is 4.37. The third-order valence-corrected chi connectivity index (χ3v) is 5.91. The Hall–Kier alpha value is -2.39. The molecule has 0 saturated carbocycles. The smallest absolute Gasteiger partial charge is 0.377 e. The minimum Gasteiger partial charge on any atom is -0.377 e. The molecular formula is C21H25F3N4O2. The maximum absolute atomic E-state index is 12.7. The summed E-state index contributed by atoms with van der Waals surface area (Å²) >= 11 is 0. The number of benzene rings is 1. The van der Waals surface area contributed by atoms with Gasteiger partial charge in [-0.1, -0.05) is 30.3 Å². The SMILES string of the molecule is O=C(C[C@@H]1OC[C@H]2CN(Cc3ncc(C(F)(F)F)[nH]3)CC[C@H]21)NCc1ccccc1. The lowest BCUT2D eigenvalue weighted by Gasteiger charge is -2.35. The van der Waals surface area contributed by atoms with Crippen LogP contribution in [0.4, 0.5) is 13.2 Å². The topological polar surface area (TPSA) is 70.2 Å². The molecule has 1 amide bonds. The molecule has 0 unspecified atom stereocenters. The number of aromatic nitrogens is 2. The third kappa shape index (κ3) is 5.02. The molecule has 0 bridgehead atoms. The van der Waals surface area contributed by atoms with Crippen LogP contribution in [0.2, 0.25) is 0 Å². The lowest BCUT2D eigenvalue weighted by Crippen LogP contribution is -2.42. The zero-order chi connectivity index (χ0) is 21.1. The lowest BCUT2D eigenvalue weighted by atomic mass is 9.83. The van der Waals surface area contributed by atoms with Crippen molar-refractivity contribution in [2.75, 3.05) is 19.7 Å². The van der Waals surface area contributed by atoms with Crippen LogP contribution in [0.1, 0.15) is 29.9 Å². The molecule has 3 heterocycles. The number of nitrogens with one attached hydrogen (secondary N) is 2. The fourth-order valence-corrected chi connectivity index (χ4v) is 4.37. The second kappa shape index (κ2) is 8.77. The number of alkyl halides is 3. The number of likely N-dealkylation sites (tertiary alicyclic amines) is 1.